The summed E-state index contributed by atoms with van der Waals surface area (Å²) in [5.74, 6) is -0.270. The molecule has 0 spiro atoms. The highest BCUT2D eigenvalue weighted by molar-refractivity contribution is 5.74. The van der Waals surface area contributed by atoms with Crippen molar-refractivity contribution in [3.05, 3.63) is 0 Å². The molecule has 0 saturated carbocycles. The molecule has 98 valence electrons. The number of hydrogen-bond acceptors (Lipinski definition) is 4. The van der Waals surface area contributed by atoms with Crippen molar-refractivity contribution in [2.45, 2.75) is 32.8 Å². The van der Waals surface area contributed by atoms with Gasteiger partial charge in [0.25, 0.3) is 0 Å². The van der Waals surface area contributed by atoms with Crippen LogP contribution in [0.4, 0.5) is 0 Å². The molecule has 0 aromatic rings. The van der Waals surface area contributed by atoms with E-state index in [0.29, 0.717) is 6.54 Å². The Morgan fingerprint density at radius 2 is 2.24 bits per heavy atom. The van der Waals surface area contributed by atoms with Crippen LogP contribution in [0.1, 0.15) is 26.7 Å². The van der Waals surface area contributed by atoms with Crippen LogP contribution in [0.15, 0.2) is 0 Å². The van der Waals surface area contributed by atoms with Crippen LogP contribution < -0.4 is 5.32 Å². The SMILES string of the molecule is CC(=O)NCC(C)OC(=O)C1CCCN(C)C1. The quantitative estimate of drug-likeness (QED) is 0.725. The first kappa shape index (κ1) is 14.0. The van der Waals surface area contributed by atoms with Crippen LogP contribution in [0.3, 0.4) is 0 Å². The van der Waals surface area contributed by atoms with Crippen molar-refractivity contribution in [2.24, 2.45) is 5.92 Å². The molecular formula is C12H22N2O3. The molecule has 1 N–H and O–H groups in total. The predicted molar refractivity (Wildman–Crippen MR) is 64.5 cm³/mol. The molecule has 5 heteroatoms. The highest BCUT2D eigenvalue weighted by atomic mass is 16.5. The van der Waals surface area contributed by atoms with Crippen LogP contribution in [0.25, 0.3) is 0 Å². The fraction of sp³-hybridized carbons (Fsp3) is 0.833. The molecule has 5 nitrogen and oxygen atoms in total. The average Bonchev–Trinajstić information content (AvgIpc) is 2.26. The van der Waals surface area contributed by atoms with Crippen LogP contribution in [0, 0.1) is 5.92 Å². The molecule has 1 fully saturated rings. The molecule has 0 aromatic carbocycles. The number of piperidine rings is 1. The Labute approximate surface area is 102 Å². The lowest BCUT2D eigenvalue weighted by molar-refractivity contribution is -0.155. The summed E-state index contributed by atoms with van der Waals surface area (Å²) in [6, 6.07) is 0. The van der Waals surface area contributed by atoms with Crippen molar-refractivity contribution in [1.82, 2.24) is 10.2 Å². The molecule has 1 heterocycles. The lowest BCUT2D eigenvalue weighted by Crippen LogP contribution is -2.39. The van der Waals surface area contributed by atoms with Gasteiger partial charge in [-0.1, -0.05) is 0 Å². The van der Waals surface area contributed by atoms with Crippen LogP contribution in [-0.4, -0.2) is 49.6 Å². The van der Waals surface area contributed by atoms with E-state index in [0.717, 1.165) is 25.9 Å². The van der Waals surface area contributed by atoms with Gasteiger partial charge in [0.05, 0.1) is 12.5 Å². The Kier molecular flexibility index (Phi) is 5.41. The highest BCUT2D eigenvalue weighted by Crippen LogP contribution is 2.17. The zero-order chi connectivity index (χ0) is 12.8. The van der Waals surface area contributed by atoms with Crippen molar-refractivity contribution in [1.29, 1.82) is 0 Å². The Hall–Kier alpha value is -1.10. The Morgan fingerprint density at radius 3 is 2.82 bits per heavy atom. The summed E-state index contributed by atoms with van der Waals surface area (Å²) in [4.78, 5) is 24.7. The van der Waals surface area contributed by atoms with Crippen LogP contribution in [0.2, 0.25) is 0 Å². The number of ether oxygens (including phenoxy) is 1. The summed E-state index contributed by atoms with van der Waals surface area (Å²) in [5, 5.41) is 2.64. The number of carbonyl (C=O) groups excluding carboxylic acids is 2. The number of esters is 1. The summed E-state index contributed by atoms with van der Waals surface area (Å²) in [5.41, 5.74) is 0. The Morgan fingerprint density at radius 1 is 1.53 bits per heavy atom. The minimum atomic E-state index is -0.265. The first-order valence-electron chi connectivity index (χ1n) is 6.12. The van der Waals surface area contributed by atoms with E-state index in [1.807, 2.05) is 7.05 Å². The van der Waals surface area contributed by atoms with Crippen molar-refractivity contribution in [2.75, 3.05) is 26.7 Å². The summed E-state index contributed by atoms with van der Waals surface area (Å²) < 4.78 is 5.31. The van der Waals surface area contributed by atoms with Gasteiger partial charge in [-0.3, -0.25) is 9.59 Å². The van der Waals surface area contributed by atoms with Gasteiger partial charge < -0.3 is 15.0 Å². The number of amides is 1. The van der Waals surface area contributed by atoms with Gasteiger partial charge in [-0.15, -0.1) is 0 Å². The molecule has 0 aliphatic carbocycles. The molecule has 17 heavy (non-hydrogen) atoms. The second kappa shape index (κ2) is 6.59. The minimum absolute atomic E-state index is 0.0199. The second-order valence-electron chi connectivity index (χ2n) is 4.79. The van der Waals surface area contributed by atoms with Crippen molar-refractivity contribution >= 4 is 11.9 Å². The van der Waals surface area contributed by atoms with E-state index >= 15 is 0 Å². The molecule has 1 aliphatic heterocycles. The van der Waals surface area contributed by atoms with Crippen molar-refractivity contribution in [3.63, 3.8) is 0 Å². The molecule has 0 bridgehead atoms. The van der Waals surface area contributed by atoms with E-state index in [2.05, 4.69) is 10.2 Å². The lowest BCUT2D eigenvalue weighted by atomic mass is 9.99. The van der Waals surface area contributed by atoms with E-state index in [4.69, 9.17) is 4.74 Å². The zero-order valence-electron chi connectivity index (χ0n) is 10.9. The molecule has 2 atom stereocenters. The Bertz CT molecular complexity index is 281. The normalized spacial score (nSPS) is 22.9. The van der Waals surface area contributed by atoms with Gasteiger partial charge in [-0.2, -0.15) is 0 Å². The zero-order valence-corrected chi connectivity index (χ0v) is 10.9. The van der Waals surface area contributed by atoms with Gasteiger partial charge in [0.2, 0.25) is 5.91 Å². The van der Waals surface area contributed by atoms with E-state index in [1.165, 1.54) is 6.92 Å². The second-order valence-corrected chi connectivity index (χ2v) is 4.79. The van der Waals surface area contributed by atoms with Crippen molar-refractivity contribution < 1.29 is 14.3 Å². The number of nitrogens with one attached hydrogen (secondary N) is 1. The summed E-state index contributed by atoms with van der Waals surface area (Å²) in [6.45, 7) is 5.44. The first-order chi connectivity index (χ1) is 7.99. The van der Waals surface area contributed by atoms with Gasteiger partial charge in [-0.05, 0) is 33.4 Å². The van der Waals surface area contributed by atoms with Gasteiger partial charge in [-0.25, -0.2) is 0 Å². The highest BCUT2D eigenvalue weighted by Gasteiger charge is 2.26. The first-order valence-corrected chi connectivity index (χ1v) is 6.12. The van der Waals surface area contributed by atoms with Gasteiger partial charge >= 0.3 is 5.97 Å². The topological polar surface area (TPSA) is 58.6 Å². The van der Waals surface area contributed by atoms with Gasteiger partial charge in [0.1, 0.15) is 6.10 Å². The molecule has 0 aromatic heterocycles. The molecule has 1 rings (SSSR count). The Balaban J connectivity index is 2.29. The maximum atomic E-state index is 11.8. The third-order valence-corrected chi connectivity index (χ3v) is 2.91. The molecule has 2 unspecified atom stereocenters. The smallest absolute Gasteiger partial charge is 0.310 e. The van der Waals surface area contributed by atoms with Crippen molar-refractivity contribution in [3.8, 4) is 0 Å². The summed E-state index contributed by atoms with van der Waals surface area (Å²) >= 11 is 0. The average molecular weight is 242 g/mol. The fourth-order valence-corrected chi connectivity index (χ4v) is 1.98. The number of rotatable bonds is 4. The van der Waals surface area contributed by atoms with Gasteiger partial charge in [0, 0.05) is 13.5 Å². The largest absolute Gasteiger partial charge is 0.461 e. The summed E-state index contributed by atoms with van der Waals surface area (Å²) in [7, 11) is 2.01. The molecule has 1 aliphatic rings. The third kappa shape index (κ3) is 5.17. The van der Waals surface area contributed by atoms with E-state index < -0.39 is 0 Å². The fourth-order valence-electron chi connectivity index (χ4n) is 1.98. The number of nitrogens with zero attached hydrogens (tertiary/aromatic N) is 1. The van der Waals surface area contributed by atoms with E-state index in [-0.39, 0.29) is 23.9 Å². The van der Waals surface area contributed by atoms with E-state index in [9.17, 15) is 9.59 Å². The lowest BCUT2D eigenvalue weighted by Gasteiger charge is -2.29. The van der Waals surface area contributed by atoms with Crippen LogP contribution in [0.5, 0.6) is 0 Å². The minimum Gasteiger partial charge on any atom is -0.461 e. The van der Waals surface area contributed by atoms with E-state index in [1.54, 1.807) is 6.92 Å². The molecule has 1 saturated heterocycles. The van der Waals surface area contributed by atoms with Crippen LogP contribution >= 0.6 is 0 Å². The summed E-state index contributed by atoms with van der Waals surface area (Å²) in [6.07, 6.45) is 1.67. The maximum absolute atomic E-state index is 11.8. The predicted octanol–water partition coefficient (Wildman–Crippen LogP) is 0.396. The van der Waals surface area contributed by atoms with Crippen LogP contribution in [-0.2, 0) is 14.3 Å². The monoisotopic (exact) mass is 242 g/mol. The molecule has 0 radical (unpaired) electrons. The number of likely N-dealkylation sites (tertiary alicyclic amines) is 1. The molecular weight excluding hydrogens is 220 g/mol. The molecule has 1 amide bonds. The van der Waals surface area contributed by atoms with Gasteiger partial charge in [0.15, 0.2) is 0 Å². The maximum Gasteiger partial charge on any atom is 0.310 e. The number of hydrogen-bond donors (Lipinski definition) is 1. The third-order valence-electron chi connectivity index (χ3n) is 2.91. The number of carbonyl (C=O) groups is 2. The standard InChI is InChI=1S/C12H22N2O3/c1-9(7-13-10(2)15)17-12(16)11-5-4-6-14(3)8-11/h9,11H,4-8H2,1-3H3,(H,13,15).